The van der Waals surface area contributed by atoms with Crippen LogP contribution in [0.5, 0.6) is 0 Å². The minimum absolute atomic E-state index is 0.276. The van der Waals surface area contributed by atoms with Gasteiger partial charge in [-0.1, -0.05) is 12.1 Å². The first kappa shape index (κ1) is 14.1. The maximum absolute atomic E-state index is 13.6. The Hall–Kier alpha value is -2.56. The second-order valence-corrected chi connectivity index (χ2v) is 5.74. The maximum Gasteiger partial charge on any atom is 0.153 e. The van der Waals surface area contributed by atoms with Crippen molar-refractivity contribution in [2.45, 2.75) is 25.7 Å². The minimum Gasteiger partial charge on any atom is -0.234 e. The van der Waals surface area contributed by atoms with Gasteiger partial charge in [-0.3, -0.25) is 0 Å². The number of benzene rings is 1. The maximum atomic E-state index is 13.6. The molecule has 3 aromatic rings. The Balaban J connectivity index is 1.89. The van der Waals surface area contributed by atoms with Gasteiger partial charge in [0.15, 0.2) is 5.82 Å². The fourth-order valence-electron chi connectivity index (χ4n) is 3.15. The Morgan fingerprint density at radius 1 is 0.957 bits per heavy atom. The number of aromatic nitrogens is 3. The van der Waals surface area contributed by atoms with Gasteiger partial charge in [-0.05, 0) is 49.9 Å². The Morgan fingerprint density at radius 3 is 2.61 bits per heavy atom. The van der Waals surface area contributed by atoms with Crippen LogP contribution in [-0.4, -0.2) is 14.8 Å². The van der Waals surface area contributed by atoms with Crippen molar-refractivity contribution in [1.29, 1.82) is 0 Å². The number of hydrogen-bond donors (Lipinski definition) is 0. The molecule has 116 valence electrons. The van der Waals surface area contributed by atoms with Crippen LogP contribution < -0.4 is 0 Å². The fraction of sp³-hybridized carbons (Fsp3) is 0.222. The first-order valence-corrected chi connectivity index (χ1v) is 7.71. The van der Waals surface area contributed by atoms with Gasteiger partial charge in [0.05, 0.1) is 11.9 Å². The smallest absolute Gasteiger partial charge is 0.153 e. The lowest BCUT2D eigenvalue weighted by Crippen LogP contribution is -2.09. The van der Waals surface area contributed by atoms with Crippen LogP contribution in [0, 0.1) is 11.6 Å². The summed E-state index contributed by atoms with van der Waals surface area (Å²) in [5.41, 5.74) is 3.80. The van der Waals surface area contributed by atoms with Crippen molar-refractivity contribution in [2.24, 2.45) is 0 Å². The van der Waals surface area contributed by atoms with E-state index in [1.165, 1.54) is 24.4 Å². The molecular formula is C18H15F2N3. The molecule has 2 heterocycles. The van der Waals surface area contributed by atoms with E-state index in [2.05, 4.69) is 10.1 Å². The molecule has 5 heteroatoms. The molecule has 0 bridgehead atoms. The summed E-state index contributed by atoms with van der Waals surface area (Å²) in [6, 6.07) is 9.47. The van der Waals surface area contributed by atoms with Crippen LogP contribution in [0.3, 0.4) is 0 Å². The molecule has 1 aliphatic rings. The van der Waals surface area contributed by atoms with Gasteiger partial charge in [-0.25, -0.2) is 18.4 Å². The Kier molecular flexibility index (Phi) is 3.41. The van der Waals surface area contributed by atoms with Gasteiger partial charge in [-0.2, -0.15) is 5.10 Å². The molecule has 2 aromatic heterocycles. The van der Waals surface area contributed by atoms with Crippen molar-refractivity contribution in [1.82, 2.24) is 14.8 Å². The van der Waals surface area contributed by atoms with Gasteiger partial charge in [0.1, 0.15) is 11.6 Å². The average Bonchev–Trinajstić information content (AvgIpc) is 2.95. The van der Waals surface area contributed by atoms with Crippen molar-refractivity contribution in [3.8, 4) is 17.1 Å². The van der Waals surface area contributed by atoms with Gasteiger partial charge >= 0.3 is 0 Å². The zero-order chi connectivity index (χ0) is 15.8. The molecule has 23 heavy (non-hydrogen) atoms. The predicted octanol–water partition coefficient (Wildman–Crippen LogP) is 4.09. The second kappa shape index (κ2) is 5.57. The monoisotopic (exact) mass is 311 g/mol. The Labute approximate surface area is 132 Å². The molecule has 4 rings (SSSR count). The summed E-state index contributed by atoms with van der Waals surface area (Å²) in [6.45, 7) is 0. The SMILES string of the molecule is Fc1ccc(-n2nc(-c3cccc(F)c3)c3c2CCCC3)nc1. The fourth-order valence-corrected chi connectivity index (χ4v) is 3.15. The number of nitrogens with zero attached hydrogens (tertiary/aromatic N) is 3. The van der Waals surface area contributed by atoms with Crippen molar-refractivity contribution in [3.63, 3.8) is 0 Å². The van der Waals surface area contributed by atoms with Crippen LogP contribution >= 0.6 is 0 Å². The number of rotatable bonds is 2. The zero-order valence-electron chi connectivity index (χ0n) is 12.5. The first-order chi connectivity index (χ1) is 11.2. The molecule has 3 nitrogen and oxygen atoms in total. The average molecular weight is 311 g/mol. The van der Waals surface area contributed by atoms with E-state index in [4.69, 9.17) is 0 Å². The summed E-state index contributed by atoms with van der Waals surface area (Å²) in [5, 5.41) is 4.67. The molecular weight excluding hydrogens is 296 g/mol. The van der Waals surface area contributed by atoms with Gasteiger partial charge in [0.2, 0.25) is 0 Å². The molecule has 0 unspecified atom stereocenters. The summed E-state index contributed by atoms with van der Waals surface area (Å²) in [4.78, 5) is 4.13. The van der Waals surface area contributed by atoms with E-state index < -0.39 is 0 Å². The molecule has 0 fully saturated rings. The number of halogens is 2. The van der Waals surface area contributed by atoms with Crippen LogP contribution in [-0.2, 0) is 12.8 Å². The molecule has 0 aliphatic heterocycles. The second-order valence-electron chi connectivity index (χ2n) is 5.74. The van der Waals surface area contributed by atoms with Crippen molar-refractivity contribution in [2.75, 3.05) is 0 Å². The third-order valence-corrected chi connectivity index (χ3v) is 4.21. The molecule has 1 aliphatic carbocycles. The molecule has 0 saturated carbocycles. The minimum atomic E-state index is -0.375. The van der Waals surface area contributed by atoms with Crippen LogP contribution in [0.1, 0.15) is 24.1 Å². The van der Waals surface area contributed by atoms with E-state index in [1.54, 1.807) is 16.8 Å². The lowest BCUT2D eigenvalue weighted by molar-refractivity contribution is 0.615. The van der Waals surface area contributed by atoms with Crippen LogP contribution in [0.4, 0.5) is 8.78 Å². The normalized spacial score (nSPS) is 13.8. The van der Waals surface area contributed by atoms with E-state index in [1.807, 2.05) is 6.07 Å². The highest BCUT2D eigenvalue weighted by molar-refractivity contribution is 5.65. The largest absolute Gasteiger partial charge is 0.234 e. The molecule has 0 radical (unpaired) electrons. The standard InChI is InChI=1S/C18H15F2N3/c19-13-5-3-4-12(10-13)18-15-6-1-2-7-16(15)23(22-18)17-9-8-14(20)11-21-17/h3-5,8-11H,1-2,6-7H2. The summed E-state index contributed by atoms with van der Waals surface area (Å²) in [7, 11) is 0. The van der Waals surface area contributed by atoms with Crippen LogP contribution in [0.25, 0.3) is 17.1 Å². The molecule has 0 amide bonds. The van der Waals surface area contributed by atoms with Gasteiger partial charge in [-0.15, -0.1) is 0 Å². The number of fused-ring (bicyclic) bond motifs is 1. The summed E-state index contributed by atoms with van der Waals surface area (Å²) in [6.07, 6.45) is 5.19. The third-order valence-electron chi connectivity index (χ3n) is 4.21. The van der Waals surface area contributed by atoms with Crippen molar-refractivity contribution < 1.29 is 8.78 Å². The third kappa shape index (κ3) is 2.52. The molecule has 0 saturated heterocycles. The van der Waals surface area contributed by atoms with E-state index in [0.717, 1.165) is 48.2 Å². The van der Waals surface area contributed by atoms with Gasteiger partial charge in [0.25, 0.3) is 0 Å². The van der Waals surface area contributed by atoms with E-state index in [9.17, 15) is 8.78 Å². The van der Waals surface area contributed by atoms with Crippen LogP contribution in [0.15, 0.2) is 42.6 Å². The van der Waals surface area contributed by atoms with Gasteiger partial charge < -0.3 is 0 Å². The summed E-state index contributed by atoms with van der Waals surface area (Å²) in [5.74, 6) is -0.0613. The lowest BCUT2D eigenvalue weighted by atomic mass is 9.93. The highest BCUT2D eigenvalue weighted by atomic mass is 19.1. The molecule has 0 atom stereocenters. The van der Waals surface area contributed by atoms with Crippen LogP contribution in [0.2, 0.25) is 0 Å². The van der Waals surface area contributed by atoms with Crippen molar-refractivity contribution in [3.05, 3.63) is 65.5 Å². The summed E-state index contributed by atoms with van der Waals surface area (Å²) < 4.78 is 28.5. The van der Waals surface area contributed by atoms with Crippen molar-refractivity contribution >= 4 is 0 Å². The topological polar surface area (TPSA) is 30.7 Å². The number of pyridine rings is 1. The predicted molar refractivity (Wildman–Crippen MR) is 83.4 cm³/mol. The van der Waals surface area contributed by atoms with E-state index in [0.29, 0.717) is 5.82 Å². The first-order valence-electron chi connectivity index (χ1n) is 7.71. The van der Waals surface area contributed by atoms with E-state index >= 15 is 0 Å². The summed E-state index contributed by atoms with van der Waals surface area (Å²) >= 11 is 0. The highest BCUT2D eigenvalue weighted by Crippen LogP contribution is 2.32. The number of hydrogen-bond acceptors (Lipinski definition) is 2. The van der Waals surface area contributed by atoms with Gasteiger partial charge in [0, 0.05) is 16.8 Å². The Morgan fingerprint density at radius 2 is 1.83 bits per heavy atom. The zero-order valence-corrected chi connectivity index (χ0v) is 12.5. The van der Waals surface area contributed by atoms with E-state index in [-0.39, 0.29) is 11.6 Å². The molecule has 0 N–H and O–H groups in total. The highest BCUT2D eigenvalue weighted by Gasteiger charge is 2.23. The molecule has 0 spiro atoms. The molecule has 1 aromatic carbocycles. The lowest BCUT2D eigenvalue weighted by Gasteiger charge is -2.13. The quantitative estimate of drug-likeness (QED) is 0.713. The Bertz CT molecular complexity index is 853.